The molecule has 0 radical (unpaired) electrons. The number of nitrogens with zero attached hydrogens (tertiary/aromatic N) is 2. The summed E-state index contributed by atoms with van der Waals surface area (Å²) >= 11 is 1.51. The molecule has 0 N–H and O–H groups in total. The Morgan fingerprint density at radius 1 is 1.61 bits per heavy atom. The molecule has 4 nitrogen and oxygen atoms in total. The van der Waals surface area contributed by atoms with Crippen molar-refractivity contribution in [3.8, 4) is 0 Å². The standard InChI is InChI=1S/C13H20N2O2S/c1-9(2)12-11(7-16)18-13(14-12)15-5-4-10(6-15)8-17-3/h7,9-10H,4-6,8H2,1-3H3. The van der Waals surface area contributed by atoms with Crippen LogP contribution in [0.2, 0.25) is 0 Å². The number of hydrogen-bond acceptors (Lipinski definition) is 5. The molecule has 2 heterocycles. The monoisotopic (exact) mass is 268 g/mol. The molecule has 1 aromatic rings. The van der Waals surface area contributed by atoms with Gasteiger partial charge in [-0.25, -0.2) is 4.98 Å². The van der Waals surface area contributed by atoms with Crippen LogP contribution in [-0.2, 0) is 4.74 Å². The fraction of sp³-hybridized carbons (Fsp3) is 0.692. The van der Waals surface area contributed by atoms with Crippen LogP contribution in [0.3, 0.4) is 0 Å². The van der Waals surface area contributed by atoms with E-state index in [0.29, 0.717) is 11.8 Å². The second kappa shape index (κ2) is 5.80. The quantitative estimate of drug-likeness (QED) is 0.770. The molecule has 1 unspecified atom stereocenters. The van der Waals surface area contributed by atoms with Crippen LogP contribution in [0.1, 0.15) is 41.6 Å². The van der Waals surface area contributed by atoms with E-state index in [2.05, 4.69) is 23.7 Å². The van der Waals surface area contributed by atoms with E-state index in [1.165, 1.54) is 11.3 Å². The molecule has 2 rings (SSSR count). The summed E-state index contributed by atoms with van der Waals surface area (Å²) in [6.07, 6.45) is 2.07. The average molecular weight is 268 g/mol. The lowest BCUT2D eigenvalue weighted by Crippen LogP contribution is -2.20. The van der Waals surface area contributed by atoms with Crippen molar-refractivity contribution < 1.29 is 9.53 Å². The number of carbonyl (C=O) groups excluding carboxylic acids is 1. The third-order valence-corrected chi connectivity index (χ3v) is 4.34. The first-order valence-electron chi connectivity index (χ1n) is 6.35. The van der Waals surface area contributed by atoms with Crippen LogP contribution in [0.15, 0.2) is 0 Å². The fourth-order valence-electron chi connectivity index (χ4n) is 2.34. The van der Waals surface area contributed by atoms with E-state index >= 15 is 0 Å². The number of anilines is 1. The highest BCUT2D eigenvalue weighted by molar-refractivity contribution is 7.17. The maximum atomic E-state index is 11.1. The third kappa shape index (κ3) is 2.72. The lowest BCUT2D eigenvalue weighted by molar-refractivity contribution is 0.112. The van der Waals surface area contributed by atoms with Gasteiger partial charge in [0.15, 0.2) is 11.4 Å². The maximum Gasteiger partial charge on any atom is 0.186 e. The summed E-state index contributed by atoms with van der Waals surface area (Å²) in [5, 5.41) is 0.986. The SMILES string of the molecule is COCC1CCN(c2nc(C(C)C)c(C=O)s2)C1. The molecule has 0 spiro atoms. The fourth-order valence-corrected chi connectivity index (χ4v) is 3.41. The first-order valence-corrected chi connectivity index (χ1v) is 7.17. The van der Waals surface area contributed by atoms with Crippen molar-refractivity contribution >= 4 is 22.8 Å². The highest BCUT2D eigenvalue weighted by Gasteiger charge is 2.26. The van der Waals surface area contributed by atoms with Crippen molar-refractivity contribution in [2.24, 2.45) is 5.92 Å². The van der Waals surface area contributed by atoms with E-state index in [1.54, 1.807) is 7.11 Å². The van der Waals surface area contributed by atoms with E-state index in [1.807, 2.05) is 0 Å². The van der Waals surface area contributed by atoms with E-state index in [9.17, 15) is 4.79 Å². The first-order chi connectivity index (χ1) is 8.65. The number of aldehydes is 1. The molecule has 18 heavy (non-hydrogen) atoms. The molecule has 1 saturated heterocycles. The van der Waals surface area contributed by atoms with Crippen molar-refractivity contribution in [1.82, 2.24) is 4.98 Å². The Morgan fingerprint density at radius 3 is 2.94 bits per heavy atom. The van der Waals surface area contributed by atoms with Crippen molar-refractivity contribution in [1.29, 1.82) is 0 Å². The Balaban J connectivity index is 2.12. The highest BCUT2D eigenvalue weighted by Crippen LogP contribution is 2.32. The minimum Gasteiger partial charge on any atom is -0.384 e. The molecule has 5 heteroatoms. The summed E-state index contributed by atoms with van der Waals surface area (Å²) in [5.74, 6) is 0.883. The van der Waals surface area contributed by atoms with Crippen LogP contribution in [0.25, 0.3) is 0 Å². The van der Waals surface area contributed by atoms with Gasteiger partial charge in [0.1, 0.15) is 0 Å². The number of carbonyl (C=O) groups is 1. The molecule has 0 saturated carbocycles. The molecular weight excluding hydrogens is 248 g/mol. The van der Waals surface area contributed by atoms with Crippen molar-refractivity contribution in [3.05, 3.63) is 10.6 Å². The van der Waals surface area contributed by atoms with Gasteiger partial charge in [-0.1, -0.05) is 25.2 Å². The molecule has 1 aliphatic heterocycles. The zero-order valence-corrected chi connectivity index (χ0v) is 12.0. The molecule has 0 aliphatic carbocycles. The molecule has 0 bridgehead atoms. The van der Waals surface area contributed by atoms with E-state index in [-0.39, 0.29) is 0 Å². The van der Waals surface area contributed by atoms with Crippen molar-refractivity contribution in [2.45, 2.75) is 26.2 Å². The molecule has 0 aromatic carbocycles. The second-order valence-corrected chi connectivity index (χ2v) is 6.08. The van der Waals surface area contributed by atoms with Gasteiger partial charge in [0.25, 0.3) is 0 Å². The van der Waals surface area contributed by atoms with Gasteiger partial charge in [-0.05, 0) is 12.3 Å². The van der Waals surface area contributed by atoms with E-state index in [4.69, 9.17) is 4.74 Å². The van der Waals surface area contributed by atoms with Gasteiger partial charge in [0, 0.05) is 26.1 Å². The Hall–Kier alpha value is -0.940. The van der Waals surface area contributed by atoms with Gasteiger partial charge in [0.05, 0.1) is 17.2 Å². The maximum absolute atomic E-state index is 11.1. The summed E-state index contributed by atoms with van der Waals surface area (Å²) in [4.78, 5) is 18.7. The number of rotatable bonds is 5. The molecule has 100 valence electrons. The minimum absolute atomic E-state index is 0.299. The molecule has 1 aliphatic rings. The van der Waals surface area contributed by atoms with Crippen LogP contribution < -0.4 is 4.90 Å². The van der Waals surface area contributed by atoms with Gasteiger partial charge in [-0.15, -0.1) is 0 Å². The Morgan fingerprint density at radius 2 is 2.39 bits per heavy atom. The zero-order valence-electron chi connectivity index (χ0n) is 11.2. The second-order valence-electron chi connectivity index (χ2n) is 5.07. The number of hydrogen-bond donors (Lipinski definition) is 0. The first kappa shape index (κ1) is 13.5. The summed E-state index contributed by atoms with van der Waals surface area (Å²) in [7, 11) is 1.74. The van der Waals surface area contributed by atoms with Crippen molar-refractivity contribution in [2.75, 3.05) is 31.7 Å². The predicted molar refractivity (Wildman–Crippen MR) is 73.8 cm³/mol. The Labute approximate surface area is 112 Å². The molecule has 0 amide bonds. The lowest BCUT2D eigenvalue weighted by atomic mass is 10.1. The van der Waals surface area contributed by atoms with Gasteiger partial charge in [0.2, 0.25) is 0 Å². The van der Waals surface area contributed by atoms with Gasteiger partial charge < -0.3 is 9.64 Å². The molecule has 1 atom stereocenters. The normalized spacial score (nSPS) is 19.8. The van der Waals surface area contributed by atoms with Gasteiger partial charge in [-0.2, -0.15) is 0 Å². The number of methoxy groups -OCH3 is 1. The number of thiazole rings is 1. The number of ether oxygens (including phenoxy) is 1. The van der Waals surface area contributed by atoms with Crippen molar-refractivity contribution in [3.63, 3.8) is 0 Å². The minimum atomic E-state index is 0.299. The highest BCUT2D eigenvalue weighted by atomic mass is 32.1. The average Bonchev–Trinajstić information content (AvgIpc) is 2.94. The van der Waals surface area contributed by atoms with Crippen LogP contribution >= 0.6 is 11.3 Å². The lowest BCUT2D eigenvalue weighted by Gasteiger charge is -2.14. The molecule has 1 fully saturated rings. The predicted octanol–water partition coefficient (Wildman–Crippen LogP) is 2.55. The largest absolute Gasteiger partial charge is 0.384 e. The smallest absolute Gasteiger partial charge is 0.186 e. The summed E-state index contributed by atoms with van der Waals surface area (Å²) < 4.78 is 5.20. The molecule has 1 aromatic heterocycles. The van der Waals surface area contributed by atoms with Crippen LogP contribution in [0.4, 0.5) is 5.13 Å². The number of aromatic nitrogens is 1. The molecular formula is C13H20N2O2S. The zero-order chi connectivity index (χ0) is 13.1. The summed E-state index contributed by atoms with van der Waals surface area (Å²) in [5.41, 5.74) is 0.931. The topological polar surface area (TPSA) is 42.4 Å². The van der Waals surface area contributed by atoms with Crippen LogP contribution in [0, 0.1) is 5.92 Å². The van der Waals surface area contributed by atoms with Gasteiger partial charge in [-0.3, -0.25) is 4.79 Å². The summed E-state index contributed by atoms with van der Waals surface area (Å²) in [6.45, 7) is 6.95. The van der Waals surface area contributed by atoms with Gasteiger partial charge >= 0.3 is 0 Å². The van der Waals surface area contributed by atoms with Crippen LogP contribution in [-0.4, -0.2) is 38.1 Å². The Bertz CT molecular complexity index is 417. The third-order valence-electron chi connectivity index (χ3n) is 3.28. The van der Waals surface area contributed by atoms with E-state index in [0.717, 1.165) is 48.1 Å². The van der Waals surface area contributed by atoms with Crippen LogP contribution in [0.5, 0.6) is 0 Å². The summed E-state index contributed by atoms with van der Waals surface area (Å²) in [6, 6.07) is 0. The van der Waals surface area contributed by atoms with E-state index < -0.39 is 0 Å². The Kier molecular flexibility index (Phi) is 4.35.